The minimum Gasteiger partial charge on any atom is -0.309 e. The Kier molecular flexibility index (Phi) is 5.60. The van der Waals surface area contributed by atoms with E-state index in [1.54, 1.807) is 0 Å². The summed E-state index contributed by atoms with van der Waals surface area (Å²) < 4.78 is 2.38. The Balaban J connectivity index is 1.09. The fraction of sp³-hybridized carbons (Fsp3) is 0.0238. The van der Waals surface area contributed by atoms with E-state index in [1.165, 1.54) is 83.1 Å². The molecule has 0 amide bonds. The number of aromatic nitrogens is 2. The van der Waals surface area contributed by atoms with Gasteiger partial charge in [0, 0.05) is 35.3 Å². The number of hydrogen-bond donors (Lipinski definition) is 0. The second-order valence-corrected chi connectivity index (χ2v) is 11.7. The van der Waals surface area contributed by atoms with Gasteiger partial charge in [-0.05, 0) is 104 Å². The molecule has 2 heteroatoms. The van der Waals surface area contributed by atoms with E-state index in [2.05, 4.69) is 155 Å². The third-order valence-corrected chi connectivity index (χ3v) is 9.09. The summed E-state index contributed by atoms with van der Waals surface area (Å²) in [5.41, 5.74) is 16.3. The van der Waals surface area contributed by atoms with Crippen LogP contribution >= 0.6 is 0 Å². The molecule has 2 aromatic heterocycles. The highest BCUT2D eigenvalue weighted by molar-refractivity contribution is 6.09. The Hall–Kier alpha value is -5.73. The number of nitrogens with zero attached hydrogens (tertiary/aromatic N) is 2. The van der Waals surface area contributed by atoms with Crippen molar-refractivity contribution < 1.29 is 0 Å². The topological polar surface area (TPSA) is 17.8 Å². The molecular weight excluding hydrogens is 532 g/mol. The van der Waals surface area contributed by atoms with Crippen LogP contribution < -0.4 is 0 Å². The van der Waals surface area contributed by atoms with E-state index in [0.717, 1.165) is 6.42 Å². The number of rotatable bonds is 4. The van der Waals surface area contributed by atoms with E-state index in [9.17, 15) is 0 Å². The summed E-state index contributed by atoms with van der Waals surface area (Å²) in [7, 11) is 0. The first-order chi connectivity index (χ1) is 21.8. The highest BCUT2D eigenvalue weighted by Crippen LogP contribution is 2.39. The third-order valence-electron chi connectivity index (χ3n) is 9.09. The zero-order valence-corrected chi connectivity index (χ0v) is 24.1. The molecule has 8 aromatic rings. The van der Waals surface area contributed by atoms with Gasteiger partial charge >= 0.3 is 0 Å². The zero-order valence-electron chi connectivity index (χ0n) is 24.1. The summed E-state index contributed by atoms with van der Waals surface area (Å²) >= 11 is 0. The number of hydrogen-bond acceptors (Lipinski definition) is 1. The Morgan fingerprint density at radius 1 is 0.432 bits per heavy atom. The van der Waals surface area contributed by atoms with Gasteiger partial charge in [-0.3, -0.25) is 4.98 Å². The van der Waals surface area contributed by atoms with Gasteiger partial charge in [-0.15, -0.1) is 0 Å². The van der Waals surface area contributed by atoms with Crippen molar-refractivity contribution in [3.8, 4) is 50.2 Å². The fourth-order valence-corrected chi connectivity index (χ4v) is 6.98. The minimum absolute atomic E-state index is 0.962. The maximum Gasteiger partial charge on any atom is 0.0541 e. The number of fused-ring (bicyclic) bond motifs is 6. The Labute approximate surface area is 256 Å². The van der Waals surface area contributed by atoms with E-state index < -0.39 is 0 Å². The van der Waals surface area contributed by atoms with Crippen LogP contribution in [-0.4, -0.2) is 9.55 Å². The van der Waals surface area contributed by atoms with Crippen molar-refractivity contribution in [3.63, 3.8) is 0 Å². The van der Waals surface area contributed by atoms with E-state index in [1.807, 2.05) is 12.4 Å². The molecule has 0 saturated carbocycles. The molecule has 0 bridgehead atoms. The number of para-hydroxylation sites is 2. The second kappa shape index (κ2) is 9.93. The SMILES string of the molecule is c1cc(-c2cccc(-c3ccc4c(c3)-c3ccncc3C4)c2)cc(-c2cccc(-n3c4ccccc4c4ccccc43)c2)c1. The van der Waals surface area contributed by atoms with Crippen molar-refractivity contribution in [1.82, 2.24) is 9.55 Å². The van der Waals surface area contributed by atoms with Crippen molar-refractivity contribution in [2.24, 2.45) is 0 Å². The Morgan fingerprint density at radius 3 is 1.66 bits per heavy atom. The Morgan fingerprint density at radius 2 is 1.00 bits per heavy atom. The van der Waals surface area contributed by atoms with E-state index in [4.69, 9.17) is 0 Å². The molecule has 0 radical (unpaired) electrons. The van der Waals surface area contributed by atoms with Crippen LogP contribution in [0.25, 0.3) is 72.0 Å². The van der Waals surface area contributed by atoms with Crippen molar-refractivity contribution in [1.29, 1.82) is 0 Å². The zero-order chi connectivity index (χ0) is 29.0. The summed E-state index contributed by atoms with van der Waals surface area (Å²) in [5.74, 6) is 0. The van der Waals surface area contributed by atoms with Gasteiger partial charge in [-0.1, -0.05) is 97.1 Å². The van der Waals surface area contributed by atoms with Gasteiger partial charge in [-0.25, -0.2) is 0 Å². The molecule has 2 heterocycles. The molecule has 0 atom stereocenters. The Bertz CT molecular complexity index is 2320. The van der Waals surface area contributed by atoms with E-state index >= 15 is 0 Å². The average Bonchev–Trinajstić information content (AvgIpc) is 3.64. The molecule has 1 aliphatic rings. The lowest BCUT2D eigenvalue weighted by molar-refractivity contribution is 1.18. The standard InChI is InChI=1S/C42H28N2/c1-3-16-41-38(14-1)39-15-2-4-17-42(39)44(41)36-13-7-12-32(25-36)30-10-5-8-28(22-30)29-9-6-11-31(23-29)33-18-19-34-24-35-27-43-21-20-37(35)40(34)26-33/h1-23,25-27H,24H2. The third kappa shape index (κ3) is 4.00. The van der Waals surface area contributed by atoms with Crippen LogP contribution in [0.1, 0.15) is 11.1 Å². The normalized spacial score (nSPS) is 12.0. The first-order valence-electron chi connectivity index (χ1n) is 15.2. The van der Waals surface area contributed by atoms with Crippen LogP contribution in [-0.2, 0) is 6.42 Å². The minimum atomic E-state index is 0.962. The summed E-state index contributed by atoms with van der Waals surface area (Å²) in [6.07, 6.45) is 4.86. The molecule has 6 aromatic carbocycles. The van der Waals surface area contributed by atoms with Gasteiger partial charge in [0.1, 0.15) is 0 Å². The lowest BCUT2D eigenvalue weighted by Gasteiger charge is -2.12. The summed E-state index contributed by atoms with van der Waals surface area (Å²) in [5, 5.41) is 2.56. The van der Waals surface area contributed by atoms with Crippen LogP contribution in [0.2, 0.25) is 0 Å². The summed E-state index contributed by atoms with van der Waals surface area (Å²) in [6.45, 7) is 0. The molecule has 44 heavy (non-hydrogen) atoms. The molecule has 0 N–H and O–H groups in total. The first kappa shape index (κ1) is 24.8. The van der Waals surface area contributed by atoms with Crippen LogP contribution in [0, 0.1) is 0 Å². The molecule has 0 saturated heterocycles. The van der Waals surface area contributed by atoms with Crippen LogP contribution in [0.15, 0.2) is 158 Å². The largest absolute Gasteiger partial charge is 0.309 e. The second-order valence-electron chi connectivity index (χ2n) is 11.7. The average molecular weight is 561 g/mol. The van der Waals surface area contributed by atoms with Gasteiger partial charge in [0.2, 0.25) is 0 Å². The highest BCUT2D eigenvalue weighted by Gasteiger charge is 2.19. The predicted octanol–water partition coefficient (Wildman–Crippen LogP) is 10.8. The molecule has 2 nitrogen and oxygen atoms in total. The smallest absolute Gasteiger partial charge is 0.0541 e. The van der Waals surface area contributed by atoms with Gasteiger partial charge in [-0.2, -0.15) is 0 Å². The van der Waals surface area contributed by atoms with Crippen LogP contribution in [0.5, 0.6) is 0 Å². The van der Waals surface area contributed by atoms with Gasteiger partial charge < -0.3 is 4.57 Å². The highest BCUT2D eigenvalue weighted by atomic mass is 15.0. The van der Waals surface area contributed by atoms with Gasteiger partial charge in [0.25, 0.3) is 0 Å². The number of benzene rings is 6. The molecule has 0 aliphatic heterocycles. The van der Waals surface area contributed by atoms with Gasteiger partial charge in [0.05, 0.1) is 11.0 Å². The maximum atomic E-state index is 4.33. The van der Waals surface area contributed by atoms with Crippen LogP contribution in [0.3, 0.4) is 0 Å². The van der Waals surface area contributed by atoms with E-state index in [0.29, 0.717) is 0 Å². The predicted molar refractivity (Wildman–Crippen MR) is 183 cm³/mol. The molecule has 0 fully saturated rings. The number of pyridine rings is 1. The quantitative estimate of drug-likeness (QED) is 0.209. The molecule has 1 aliphatic carbocycles. The fourth-order valence-electron chi connectivity index (χ4n) is 6.98. The van der Waals surface area contributed by atoms with Crippen LogP contribution in [0.4, 0.5) is 0 Å². The molecule has 206 valence electrons. The van der Waals surface area contributed by atoms with Crippen molar-refractivity contribution >= 4 is 21.8 Å². The first-order valence-corrected chi connectivity index (χ1v) is 15.2. The summed E-state index contributed by atoms with van der Waals surface area (Å²) in [4.78, 5) is 4.33. The molecule has 9 rings (SSSR count). The van der Waals surface area contributed by atoms with E-state index in [-0.39, 0.29) is 0 Å². The molecule has 0 spiro atoms. The maximum absolute atomic E-state index is 4.33. The lowest BCUT2D eigenvalue weighted by atomic mass is 9.94. The van der Waals surface area contributed by atoms with Gasteiger partial charge in [0.15, 0.2) is 0 Å². The summed E-state index contributed by atoms with van der Waals surface area (Å²) in [6, 6.07) is 53.1. The monoisotopic (exact) mass is 560 g/mol. The van der Waals surface area contributed by atoms with Crippen molar-refractivity contribution in [2.45, 2.75) is 6.42 Å². The van der Waals surface area contributed by atoms with Crippen molar-refractivity contribution in [2.75, 3.05) is 0 Å². The molecule has 0 unspecified atom stereocenters. The van der Waals surface area contributed by atoms with Crippen molar-refractivity contribution in [3.05, 3.63) is 169 Å². The lowest BCUT2D eigenvalue weighted by Crippen LogP contribution is -1.94. The molecular formula is C42H28N2.